The molecule has 0 aliphatic heterocycles. The average molecular weight is 296 g/mol. The van der Waals surface area contributed by atoms with Gasteiger partial charge in [-0.25, -0.2) is 0 Å². The second kappa shape index (κ2) is 8.08. The summed E-state index contributed by atoms with van der Waals surface area (Å²) in [5.41, 5.74) is 0.401. The van der Waals surface area contributed by atoms with Crippen molar-refractivity contribution in [2.45, 2.75) is 26.3 Å². The quantitative estimate of drug-likeness (QED) is 0.752. The van der Waals surface area contributed by atoms with Crippen molar-refractivity contribution in [2.24, 2.45) is 0 Å². The summed E-state index contributed by atoms with van der Waals surface area (Å²) in [5, 5.41) is 2.61. The number of ether oxygens (including phenoxy) is 1. The van der Waals surface area contributed by atoms with Gasteiger partial charge in [-0.05, 0) is 19.9 Å². The molecule has 2 amide bonds. The van der Waals surface area contributed by atoms with Gasteiger partial charge in [0.2, 0.25) is 5.91 Å². The van der Waals surface area contributed by atoms with E-state index in [4.69, 9.17) is 4.42 Å². The van der Waals surface area contributed by atoms with Gasteiger partial charge in [0.05, 0.1) is 18.9 Å². The van der Waals surface area contributed by atoms with Crippen molar-refractivity contribution in [3.8, 4) is 0 Å². The lowest BCUT2D eigenvalue weighted by molar-refractivity contribution is -0.148. The molecule has 1 aromatic rings. The topological polar surface area (TPSA) is 88.9 Å². The first-order chi connectivity index (χ1) is 9.95. The maximum Gasteiger partial charge on any atom is 0.325 e. The highest BCUT2D eigenvalue weighted by atomic mass is 16.5. The van der Waals surface area contributed by atoms with Gasteiger partial charge in [0.15, 0.2) is 0 Å². The molecule has 1 heterocycles. The number of carbonyl (C=O) groups excluding carboxylic acids is 3. The van der Waals surface area contributed by atoms with E-state index in [-0.39, 0.29) is 37.4 Å². The maximum atomic E-state index is 12.1. The third-order valence-electron chi connectivity index (χ3n) is 2.88. The lowest BCUT2D eigenvalue weighted by Crippen LogP contribution is -2.42. The van der Waals surface area contributed by atoms with Crippen molar-refractivity contribution >= 4 is 17.8 Å². The standard InChI is InChI=1S/C14H20N2O5/c1-10(2)16(8-13(18)20-3)12(17)4-6-15-14(19)11-5-7-21-9-11/h5,7,9-10H,4,6,8H2,1-3H3,(H,15,19). The van der Waals surface area contributed by atoms with Gasteiger partial charge in [-0.1, -0.05) is 0 Å². The summed E-state index contributed by atoms with van der Waals surface area (Å²) >= 11 is 0. The van der Waals surface area contributed by atoms with E-state index >= 15 is 0 Å². The number of carbonyl (C=O) groups is 3. The highest BCUT2D eigenvalue weighted by Gasteiger charge is 2.20. The molecule has 1 rings (SSSR count). The summed E-state index contributed by atoms with van der Waals surface area (Å²) in [7, 11) is 1.27. The Labute approximate surface area is 123 Å². The smallest absolute Gasteiger partial charge is 0.325 e. The Morgan fingerprint density at radius 2 is 2.10 bits per heavy atom. The number of furan rings is 1. The largest absolute Gasteiger partial charge is 0.472 e. The summed E-state index contributed by atoms with van der Waals surface area (Å²) in [6.07, 6.45) is 2.84. The molecule has 1 aromatic heterocycles. The fraction of sp³-hybridized carbons (Fsp3) is 0.500. The monoisotopic (exact) mass is 296 g/mol. The third kappa shape index (κ3) is 5.29. The molecule has 0 saturated carbocycles. The zero-order valence-corrected chi connectivity index (χ0v) is 12.4. The predicted molar refractivity (Wildman–Crippen MR) is 74.5 cm³/mol. The van der Waals surface area contributed by atoms with Crippen LogP contribution in [0.1, 0.15) is 30.6 Å². The van der Waals surface area contributed by atoms with Gasteiger partial charge in [-0.2, -0.15) is 0 Å². The first kappa shape index (κ1) is 16.7. The van der Waals surface area contributed by atoms with Gasteiger partial charge in [0.25, 0.3) is 5.91 Å². The maximum absolute atomic E-state index is 12.1. The highest BCUT2D eigenvalue weighted by molar-refractivity contribution is 5.94. The van der Waals surface area contributed by atoms with Crippen molar-refractivity contribution < 1.29 is 23.5 Å². The molecule has 0 aliphatic rings. The number of rotatable bonds is 7. The van der Waals surface area contributed by atoms with Crippen LogP contribution in [0.2, 0.25) is 0 Å². The Balaban J connectivity index is 2.43. The second-order valence-corrected chi connectivity index (χ2v) is 4.71. The molecule has 0 aliphatic carbocycles. The van der Waals surface area contributed by atoms with E-state index in [0.29, 0.717) is 5.56 Å². The van der Waals surface area contributed by atoms with Crippen LogP contribution < -0.4 is 5.32 Å². The zero-order chi connectivity index (χ0) is 15.8. The van der Waals surface area contributed by atoms with E-state index in [9.17, 15) is 14.4 Å². The minimum Gasteiger partial charge on any atom is -0.472 e. The van der Waals surface area contributed by atoms with Crippen LogP contribution in [0.15, 0.2) is 23.0 Å². The molecule has 0 spiro atoms. The molecule has 0 unspecified atom stereocenters. The molecular formula is C14H20N2O5. The minimum absolute atomic E-state index is 0.0946. The Morgan fingerprint density at radius 3 is 2.62 bits per heavy atom. The fourth-order valence-corrected chi connectivity index (χ4v) is 1.68. The number of esters is 1. The molecule has 116 valence electrons. The van der Waals surface area contributed by atoms with Crippen LogP contribution in [0.5, 0.6) is 0 Å². The lowest BCUT2D eigenvalue weighted by atomic mass is 10.2. The molecule has 0 aromatic carbocycles. The van der Waals surface area contributed by atoms with Crippen LogP contribution in [0.3, 0.4) is 0 Å². The summed E-state index contributed by atoms with van der Waals surface area (Å²) in [6.45, 7) is 3.71. The van der Waals surface area contributed by atoms with Crippen LogP contribution >= 0.6 is 0 Å². The third-order valence-corrected chi connectivity index (χ3v) is 2.88. The predicted octanol–water partition coefficient (Wildman–Crippen LogP) is 0.810. The highest BCUT2D eigenvalue weighted by Crippen LogP contribution is 2.03. The Bertz CT molecular complexity index is 482. The molecule has 21 heavy (non-hydrogen) atoms. The number of nitrogens with one attached hydrogen (secondary N) is 1. The van der Waals surface area contributed by atoms with Crippen LogP contribution in [-0.2, 0) is 14.3 Å². The Kier molecular flexibility index (Phi) is 6.45. The van der Waals surface area contributed by atoms with E-state index in [1.807, 2.05) is 13.8 Å². The Hall–Kier alpha value is -2.31. The summed E-state index contributed by atoms with van der Waals surface area (Å²) in [6, 6.07) is 1.41. The van der Waals surface area contributed by atoms with Gasteiger partial charge in [0.1, 0.15) is 12.8 Å². The lowest BCUT2D eigenvalue weighted by Gasteiger charge is -2.25. The molecule has 1 N–H and O–H groups in total. The molecule has 0 bridgehead atoms. The molecule has 0 fully saturated rings. The number of hydrogen-bond acceptors (Lipinski definition) is 5. The Morgan fingerprint density at radius 1 is 1.38 bits per heavy atom. The summed E-state index contributed by atoms with van der Waals surface area (Å²) in [4.78, 5) is 36.4. The molecular weight excluding hydrogens is 276 g/mol. The van der Waals surface area contributed by atoms with E-state index in [0.717, 1.165) is 0 Å². The van der Waals surface area contributed by atoms with Crippen molar-refractivity contribution in [2.75, 3.05) is 20.2 Å². The minimum atomic E-state index is -0.473. The molecule has 0 radical (unpaired) electrons. The average Bonchev–Trinajstić information content (AvgIpc) is 2.97. The van der Waals surface area contributed by atoms with Crippen LogP contribution in [0.25, 0.3) is 0 Å². The SMILES string of the molecule is COC(=O)CN(C(=O)CCNC(=O)c1ccoc1)C(C)C. The van der Waals surface area contributed by atoms with Gasteiger partial charge < -0.3 is 19.4 Å². The van der Waals surface area contributed by atoms with Crippen LogP contribution in [0, 0.1) is 0 Å². The first-order valence-corrected chi connectivity index (χ1v) is 6.62. The molecule has 0 atom stereocenters. The summed E-state index contributed by atoms with van der Waals surface area (Å²) in [5.74, 6) is -0.997. The van der Waals surface area contributed by atoms with Crippen LogP contribution in [0.4, 0.5) is 0 Å². The van der Waals surface area contributed by atoms with E-state index < -0.39 is 5.97 Å². The van der Waals surface area contributed by atoms with Gasteiger partial charge in [-0.3, -0.25) is 14.4 Å². The normalized spacial score (nSPS) is 10.3. The van der Waals surface area contributed by atoms with Gasteiger partial charge in [-0.15, -0.1) is 0 Å². The summed E-state index contributed by atoms with van der Waals surface area (Å²) < 4.78 is 9.36. The number of hydrogen-bond donors (Lipinski definition) is 1. The van der Waals surface area contributed by atoms with Crippen molar-refractivity contribution in [1.82, 2.24) is 10.2 Å². The van der Waals surface area contributed by atoms with Gasteiger partial charge >= 0.3 is 5.97 Å². The van der Waals surface area contributed by atoms with Crippen LogP contribution in [-0.4, -0.2) is 48.9 Å². The first-order valence-electron chi connectivity index (χ1n) is 6.62. The van der Waals surface area contributed by atoms with Crippen molar-refractivity contribution in [1.29, 1.82) is 0 Å². The number of amides is 2. The molecule has 7 nitrogen and oxygen atoms in total. The number of methoxy groups -OCH3 is 1. The van der Waals surface area contributed by atoms with Crippen molar-refractivity contribution in [3.05, 3.63) is 24.2 Å². The number of nitrogens with zero attached hydrogens (tertiary/aromatic N) is 1. The fourth-order valence-electron chi connectivity index (χ4n) is 1.68. The zero-order valence-electron chi connectivity index (χ0n) is 12.4. The molecule has 7 heteroatoms. The van der Waals surface area contributed by atoms with Gasteiger partial charge in [0, 0.05) is 19.0 Å². The second-order valence-electron chi connectivity index (χ2n) is 4.71. The van der Waals surface area contributed by atoms with E-state index in [1.165, 1.54) is 30.6 Å². The van der Waals surface area contributed by atoms with Crippen molar-refractivity contribution in [3.63, 3.8) is 0 Å². The van der Waals surface area contributed by atoms with E-state index in [2.05, 4.69) is 10.1 Å². The molecule has 0 saturated heterocycles. The van der Waals surface area contributed by atoms with E-state index in [1.54, 1.807) is 0 Å².